The fourth-order valence-corrected chi connectivity index (χ4v) is 4.71. The van der Waals surface area contributed by atoms with E-state index >= 15 is 0 Å². The summed E-state index contributed by atoms with van der Waals surface area (Å²) in [5.74, 6) is -0.384. The number of nitrogens with two attached hydrogens (primary N) is 1. The molecule has 204 valence electrons. The number of rotatable bonds is 13. The molecule has 1 unspecified atom stereocenters. The lowest BCUT2D eigenvalue weighted by Crippen LogP contribution is -2.33. The van der Waals surface area contributed by atoms with Gasteiger partial charge in [-0.15, -0.1) is 0 Å². The zero-order chi connectivity index (χ0) is 27.2. The molecule has 7 nitrogen and oxygen atoms in total. The van der Waals surface area contributed by atoms with Crippen molar-refractivity contribution < 1.29 is 32.5 Å². The third-order valence-electron chi connectivity index (χ3n) is 6.10. The molecule has 1 aliphatic rings. The molecule has 0 fully saturated rings. The summed E-state index contributed by atoms with van der Waals surface area (Å²) in [6.07, 6.45) is -2.42. The van der Waals surface area contributed by atoms with Gasteiger partial charge in [0.05, 0.1) is 11.3 Å². The highest BCUT2D eigenvalue weighted by molar-refractivity contribution is 6.30. The van der Waals surface area contributed by atoms with Crippen LogP contribution in [0.25, 0.3) is 0 Å². The number of nitrogens with zero attached hydrogens (tertiary/aromatic N) is 1. The van der Waals surface area contributed by atoms with Gasteiger partial charge in [-0.05, 0) is 62.4 Å². The lowest BCUT2D eigenvalue weighted by molar-refractivity contribution is -0.153. The number of fused-ring (bicyclic) bond motifs is 1. The number of nitrogens with one attached hydrogen (secondary N) is 1. The van der Waals surface area contributed by atoms with E-state index in [0.29, 0.717) is 36.5 Å². The highest BCUT2D eigenvalue weighted by Gasteiger charge is 2.31. The predicted molar refractivity (Wildman–Crippen MR) is 137 cm³/mol. The van der Waals surface area contributed by atoms with Crippen LogP contribution in [0.1, 0.15) is 41.8 Å². The Hall–Kier alpha value is -2.69. The van der Waals surface area contributed by atoms with E-state index in [9.17, 15) is 23.1 Å². The zero-order valence-corrected chi connectivity index (χ0v) is 21.7. The SMILES string of the molecule is CC1Cc2cc(C[C@@H](C)NCCOc3cc(Cl)ccc3OCC(F)(F)F)cc(C(N)=O)c2N1CCCO. The number of primary amides is 1. The van der Waals surface area contributed by atoms with Crippen LogP contribution < -0.4 is 25.4 Å². The topological polar surface area (TPSA) is 97.0 Å². The van der Waals surface area contributed by atoms with Crippen molar-refractivity contribution in [1.82, 2.24) is 5.32 Å². The Labute approximate surface area is 219 Å². The van der Waals surface area contributed by atoms with E-state index in [1.807, 2.05) is 13.0 Å². The largest absolute Gasteiger partial charge is 0.488 e. The van der Waals surface area contributed by atoms with Gasteiger partial charge < -0.3 is 30.5 Å². The van der Waals surface area contributed by atoms with Crippen molar-refractivity contribution in [3.05, 3.63) is 52.0 Å². The van der Waals surface area contributed by atoms with Crippen LogP contribution in [0.15, 0.2) is 30.3 Å². The second-order valence-electron chi connectivity index (χ2n) is 9.24. The Bertz CT molecular complexity index is 1080. The molecule has 1 heterocycles. The standard InChI is InChI=1S/C26H33ClF3N3O4/c1-16(32-6-9-36-23-14-20(27)4-5-22(23)37-15-26(28,29)30)10-18-12-19-11-17(2)33(7-3-8-34)24(19)21(13-18)25(31)35/h4-5,12-14,16-17,32,34H,3,6-11,15H2,1-2H3,(H2,31,35)/t16-,17?/m1/s1. The molecule has 0 saturated heterocycles. The maximum absolute atomic E-state index is 12.5. The quantitative estimate of drug-likeness (QED) is 0.329. The molecule has 3 rings (SSSR count). The minimum absolute atomic E-state index is 0.0204. The molecule has 0 aliphatic carbocycles. The number of benzene rings is 2. The van der Waals surface area contributed by atoms with Gasteiger partial charge in [0.1, 0.15) is 6.61 Å². The Kier molecular flexibility index (Phi) is 9.92. The molecule has 0 bridgehead atoms. The third kappa shape index (κ3) is 8.15. The monoisotopic (exact) mass is 543 g/mol. The van der Waals surface area contributed by atoms with Crippen molar-refractivity contribution in [2.45, 2.75) is 51.4 Å². The fourth-order valence-electron chi connectivity index (χ4n) is 4.55. The van der Waals surface area contributed by atoms with Gasteiger partial charge in [0.25, 0.3) is 5.91 Å². The van der Waals surface area contributed by atoms with Crippen molar-refractivity contribution in [3.63, 3.8) is 0 Å². The number of anilines is 1. The van der Waals surface area contributed by atoms with Crippen LogP contribution >= 0.6 is 11.6 Å². The molecule has 4 N–H and O–H groups in total. The lowest BCUT2D eigenvalue weighted by atomic mass is 9.97. The summed E-state index contributed by atoms with van der Waals surface area (Å²) in [5, 5.41) is 12.9. The van der Waals surface area contributed by atoms with Crippen molar-refractivity contribution in [2.24, 2.45) is 5.73 Å². The van der Waals surface area contributed by atoms with Gasteiger partial charge >= 0.3 is 6.18 Å². The second-order valence-corrected chi connectivity index (χ2v) is 9.68. The number of amides is 1. The van der Waals surface area contributed by atoms with Crippen LogP contribution in [0.2, 0.25) is 5.02 Å². The first-order valence-electron chi connectivity index (χ1n) is 12.2. The Balaban J connectivity index is 1.58. The van der Waals surface area contributed by atoms with Gasteiger partial charge in [0.2, 0.25) is 0 Å². The number of aliphatic hydroxyl groups is 1. The van der Waals surface area contributed by atoms with Crippen molar-refractivity contribution >= 4 is 23.2 Å². The maximum atomic E-state index is 12.5. The van der Waals surface area contributed by atoms with Crippen LogP contribution in [0.4, 0.5) is 18.9 Å². The molecule has 37 heavy (non-hydrogen) atoms. The van der Waals surface area contributed by atoms with E-state index in [1.54, 1.807) is 0 Å². The van der Waals surface area contributed by atoms with Crippen molar-refractivity contribution in [3.8, 4) is 11.5 Å². The highest BCUT2D eigenvalue weighted by atomic mass is 35.5. The molecular weight excluding hydrogens is 511 g/mol. The summed E-state index contributed by atoms with van der Waals surface area (Å²) in [6.45, 7) is 3.99. The van der Waals surface area contributed by atoms with Crippen LogP contribution in [0.3, 0.4) is 0 Å². The molecule has 1 amide bonds. The van der Waals surface area contributed by atoms with Crippen molar-refractivity contribution in [2.75, 3.05) is 37.8 Å². The maximum Gasteiger partial charge on any atom is 0.422 e. The minimum atomic E-state index is -4.46. The van der Waals surface area contributed by atoms with Gasteiger partial charge in [-0.3, -0.25) is 4.79 Å². The molecule has 11 heteroatoms. The molecule has 0 saturated carbocycles. The van der Waals surface area contributed by atoms with Crippen LogP contribution in [0, 0.1) is 0 Å². The number of carbonyl (C=O) groups excluding carboxylic acids is 1. The smallest absolute Gasteiger partial charge is 0.422 e. The molecule has 0 aromatic heterocycles. The highest BCUT2D eigenvalue weighted by Crippen LogP contribution is 2.37. The fraction of sp³-hybridized carbons (Fsp3) is 0.500. The van der Waals surface area contributed by atoms with E-state index in [-0.39, 0.29) is 36.8 Å². The first-order chi connectivity index (χ1) is 17.5. The van der Waals surface area contributed by atoms with Crippen LogP contribution in [-0.4, -0.2) is 62.2 Å². The summed E-state index contributed by atoms with van der Waals surface area (Å²) in [7, 11) is 0. The zero-order valence-electron chi connectivity index (χ0n) is 20.9. The number of carbonyl (C=O) groups is 1. The average Bonchev–Trinajstić information content (AvgIpc) is 3.13. The lowest BCUT2D eigenvalue weighted by Gasteiger charge is -2.26. The number of halogens is 4. The summed E-state index contributed by atoms with van der Waals surface area (Å²) < 4.78 is 48.0. The number of hydrogen-bond acceptors (Lipinski definition) is 6. The minimum Gasteiger partial charge on any atom is -0.488 e. The number of alkyl halides is 3. The van der Waals surface area contributed by atoms with E-state index in [4.69, 9.17) is 26.8 Å². The first kappa shape index (κ1) is 28.9. The number of ether oxygens (including phenoxy) is 2. The Morgan fingerprint density at radius 3 is 2.70 bits per heavy atom. The predicted octanol–water partition coefficient (Wildman–Crippen LogP) is 4.11. The van der Waals surface area contributed by atoms with Gasteiger partial charge in [-0.1, -0.05) is 17.7 Å². The molecule has 2 atom stereocenters. The Morgan fingerprint density at radius 1 is 1.27 bits per heavy atom. The van der Waals surface area contributed by atoms with Gasteiger partial charge in [0, 0.05) is 42.9 Å². The number of hydrogen-bond donors (Lipinski definition) is 3. The molecule has 2 aromatic carbocycles. The van der Waals surface area contributed by atoms with E-state index in [0.717, 1.165) is 23.2 Å². The van der Waals surface area contributed by atoms with E-state index in [1.165, 1.54) is 18.2 Å². The molecular formula is C26H33ClF3N3O4. The van der Waals surface area contributed by atoms with Crippen LogP contribution in [-0.2, 0) is 12.8 Å². The molecule has 0 spiro atoms. The van der Waals surface area contributed by atoms with Gasteiger partial charge in [-0.25, -0.2) is 0 Å². The summed E-state index contributed by atoms with van der Waals surface area (Å²) in [4.78, 5) is 14.4. The molecule has 0 radical (unpaired) electrons. The summed E-state index contributed by atoms with van der Waals surface area (Å²) >= 11 is 5.96. The summed E-state index contributed by atoms with van der Waals surface area (Å²) in [6, 6.07) is 8.35. The third-order valence-corrected chi connectivity index (χ3v) is 6.33. The van der Waals surface area contributed by atoms with Crippen LogP contribution in [0.5, 0.6) is 11.5 Å². The summed E-state index contributed by atoms with van der Waals surface area (Å²) in [5.41, 5.74) is 9.10. The first-order valence-corrected chi connectivity index (χ1v) is 12.5. The second kappa shape index (κ2) is 12.7. The van der Waals surface area contributed by atoms with Gasteiger partial charge in [0.15, 0.2) is 18.1 Å². The number of aliphatic hydroxyl groups excluding tert-OH is 1. The Morgan fingerprint density at radius 2 is 2.03 bits per heavy atom. The molecule has 1 aliphatic heterocycles. The van der Waals surface area contributed by atoms with E-state index in [2.05, 4.69) is 23.2 Å². The normalized spacial score (nSPS) is 16.0. The van der Waals surface area contributed by atoms with Gasteiger partial charge in [-0.2, -0.15) is 13.2 Å². The molecule has 2 aromatic rings. The van der Waals surface area contributed by atoms with E-state index < -0.39 is 18.7 Å². The van der Waals surface area contributed by atoms with Crippen molar-refractivity contribution in [1.29, 1.82) is 0 Å². The average molecular weight is 544 g/mol.